The summed E-state index contributed by atoms with van der Waals surface area (Å²) in [4.78, 5) is 12.0. The fourth-order valence-corrected chi connectivity index (χ4v) is 2.38. The summed E-state index contributed by atoms with van der Waals surface area (Å²) in [6.45, 7) is 2.18. The van der Waals surface area contributed by atoms with Crippen LogP contribution in [0.15, 0.2) is 45.5 Å². The van der Waals surface area contributed by atoms with Gasteiger partial charge in [-0.15, -0.1) is 0 Å². The standard InChI is InChI=1S/C15H15BrClNO3/c1-15(20-2,10-4-3-5-11(17)8-10)9-18-14(19)12-6-7-13(16)21-12/h3-8H,9H2,1-2H3,(H,18,19)/t15-/m0/s1. The number of carbonyl (C=O) groups is 1. The molecule has 0 saturated heterocycles. The van der Waals surface area contributed by atoms with Crippen molar-refractivity contribution in [2.75, 3.05) is 13.7 Å². The van der Waals surface area contributed by atoms with Crippen molar-refractivity contribution in [3.8, 4) is 0 Å². The molecule has 6 heteroatoms. The van der Waals surface area contributed by atoms with Gasteiger partial charge in [-0.2, -0.15) is 0 Å². The van der Waals surface area contributed by atoms with Crippen molar-refractivity contribution in [2.24, 2.45) is 0 Å². The zero-order chi connectivity index (χ0) is 15.5. The van der Waals surface area contributed by atoms with Crippen LogP contribution in [0.4, 0.5) is 0 Å². The van der Waals surface area contributed by atoms with Crippen LogP contribution < -0.4 is 5.32 Å². The van der Waals surface area contributed by atoms with Gasteiger partial charge in [0, 0.05) is 12.1 Å². The Hall–Kier alpha value is -1.30. The van der Waals surface area contributed by atoms with Crippen LogP contribution in [0.2, 0.25) is 5.02 Å². The Morgan fingerprint density at radius 2 is 2.19 bits per heavy atom. The topological polar surface area (TPSA) is 51.5 Å². The molecule has 0 spiro atoms. The Morgan fingerprint density at radius 3 is 2.76 bits per heavy atom. The maximum Gasteiger partial charge on any atom is 0.287 e. The molecule has 112 valence electrons. The normalized spacial score (nSPS) is 13.7. The SMILES string of the molecule is CO[C@@](C)(CNC(=O)c1ccc(Br)o1)c1cccc(Cl)c1. The third-order valence-electron chi connectivity index (χ3n) is 3.27. The van der Waals surface area contributed by atoms with E-state index in [1.165, 1.54) is 0 Å². The summed E-state index contributed by atoms with van der Waals surface area (Å²) >= 11 is 9.17. The van der Waals surface area contributed by atoms with Crippen molar-refractivity contribution in [1.82, 2.24) is 5.32 Å². The summed E-state index contributed by atoms with van der Waals surface area (Å²) in [5, 5.41) is 3.42. The first-order valence-electron chi connectivity index (χ1n) is 6.29. The van der Waals surface area contributed by atoms with Crippen molar-refractivity contribution in [3.63, 3.8) is 0 Å². The summed E-state index contributed by atoms with van der Waals surface area (Å²) in [7, 11) is 1.59. The fourth-order valence-electron chi connectivity index (χ4n) is 1.88. The van der Waals surface area contributed by atoms with Crippen molar-refractivity contribution >= 4 is 33.4 Å². The summed E-state index contributed by atoms with van der Waals surface area (Å²) in [5.41, 5.74) is 0.211. The summed E-state index contributed by atoms with van der Waals surface area (Å²) < 4.78 is 11.3. The lowest BCUT2D eigenvalue weighted by Gasteiger charge is -2.29. The molecule has 2 rings (SSSR count). The van der Waals surface area contributed by atoms with Crippen LogP contribution in [0.3, 0.4) is 0 Å². The molecule has 1 N–H and O–H groups in total. The molecule has 0 saturated carbocycles. The number of carbonyl (C=O) groups excluding carboxylic acids is 1. The number of hydrogen-bond donors (Lipinski definition) is 1. The molecule has 1 atom stereocenters. The van der Waals surface area contributed by atoms with Gasteiger partial charge in [-0.1, -0.05) is 23.7 Å². The molecule has 0 fully saturated rings. The van der Waals surface area contributed by atoms with E-state index in [4.69, 9.17) is 20.8 Å². The van der Waals surface area contributed by atoms with Gasteiger partial charge in [0.2, 0.25) is 0 Å². The Labute approximate surface area is 136 Å². The lowest BCUT2D eigenvalue weighted by atomic mass is 9.95. The molecule has 1 aromatic carbocycles. The molecule has 1 aromatic heterocycles. The molecule has 2 aromatic rings. The van der Waals surface area contributed by atoms with E-state index >= 15 is 0 Å². The number of benzene rings is 1. The number of hydrogen-bond acceptors (Lipinski definition) is 3. The molecule has 0 bridgehead atoms. The minimum absolute atomic E-state index is 0.242. The zero-order valence-electron chi connectivity index (χ0n) is 11.7. The third kappa shape index (κ3) is 3.87. The monoisotopic (exact) mass is 371 g/mol. The Morgan fingerprint density at radius 1 is 1.43 bits per heavy atom. The predicted octanol–water partition coefficient (Wildman–Crippen LogP) is 3.99. The number of amides is 1. The predicted molar refractivity (Wildman–Crippen MR) is 84.6 cm³/mol. The largest absolute Gasteiger partial charge is 0.444 e. The highest BCUT2D eigenvalue weighted by Gasteiger charge is 2.27. The van der Waals surface area contributed by atoms with Crippen molar-refractivity contribution in [2.45, 2.75) is 12.5 Å². The minimum Gasteiger partial charge on any atom is -0.444 e. The quantitative estimate of drug-likeness (QED) is 0.863. The molecule has 0 unspecified atom stereocenters. The molecule has 0 radical (unpaired) electrons. The second-order valence-electron chi connectivity index (χ2n) is 4.73. The third-order valence-corrected chi connectivity index (χ3v) is 3.93. The van der Waals surface area contributed by atoms with E-state index < -0.39 is 5.60 Å². The van der Waals surface area contributed by atoms with Gasteiger partial charge in [0.1, 0.15) is 5.60 Å². The van der Waals surface area contributed by atoms with Crippen LogP contribution in [-0.2, 0) is 10.3 Å². The number of furan rings is 1. The number of nitrogens with one attached hydrogen (secondary N) is 1. The second kappa shape index (κ2) is 6.64. The number of halogens is 2. The average Bonchev–Trinajstić information content (AvgIpc) is 2.91. The lowest BCUT2D eigenvalue weighted by molar-refractivity contribution is 0.00293. The smallest absolute Gasteiger partial charge is 0.287 e. The van der Waals surface area contributed by atoms with Gasteiger partial charge in [0.25, 0.3) is 5.91 Å². The van der Waals surface area contributed by atoms with Crippen molar-refractivity contribution < 1.29 is 13.9 Å². The molecule has 21 heavy (non-hydrogen) atoms. The van der Waals surface area contributed by atoms with Crippen LogP contribution in [0.1, 0.15) is 23.0 Å². The Bertz CT molecular complexity index is 643. The molecule has 1 amide bonds. The summed E-state index contributed by atoms with van der Waals surface area (Å²) in [6, 6.07) is 10.6. The Kier molecular flexibility index (Phi) is 5.08. The maximum absolute atomic E-state index is 12.0. The molecule has 4 nitrogen and oxygen atoms in total. The van der Waals surface area contributed by atoms with Crippen LogP contribution in [-0.4, -0.2) is 19.6 Å². The lowest BCUT2D eigenvalue weighted by Crippen LogP contribution is -2.40. The minimum atomic E-state index is -0.676. The van der Waals surface area contributed by atoms with E-state index in [-0.39, 0.29) is 11.7 Å². The van der Waals surface area contributed by atoms with Crippen molar-refractivity contribution in [1.29, 1.82) is 0 Å². The van der Waals surface area contributed by atoms with Gasteiger partial charge in [0.15, 0.2) is 10.4 Å². The van der Waals surface area contributed by atoms with E-state index in [0.29, 0.717) is 16.2 Å². The van der Waals surface area contributed by atoms with Gasteiger partial charge in [-0.25, -0.2) is 0 Å². The van der Waals surface area contributed by atoms with Crippen LogP contribution in [0.25, 0.3) is 0 Å². The average molecular weight is 373 g/mol. The highest BCUT2D eigenvalue weighted by atomic mass is 79.9. The molecule has 0 aliphatic rings. The van der Waals surface area contributed by atoms with Crippen LogP contribution in [0.5, 0.6) is 0 Å². The first kappa shape index (κ1) is 16.1. The first-order chi connectivity index (χ1) is 9.94. The highest BCUT2D eigenvalue weighted by Crippen LogP contribution is 2.26. The Balaban J connectivity index is 2.10. The van der Waals surface area contributed by atoms with Crippen LogP contribution >= 0.6 is 27.5 Å². The van der Waals surface area contributed by atoms with E-state index in [2.05, 4.69) is 21.2 Å². The van der Waals surface area contributed by atoms with E-state index in [0.717, 1.165) is 5.56 Å². The van der Waals surface area contributed by atoms with E-state index in [1.54, 1.807) is 25.3 Å². The molecule has 0 aliphatic heterocycles. The first-order valence-corrected chi connectivity index (χ1v) is 7.46. The highest BCUT2D eigenvalue weighted by molar-refractivity contribution is 9.10. The van der Waals surface area contributed by atoms with Gasteiger partial charge < -0.3 is 14.5 Å². The fraction of sp³-hybridized carbons (Fsp3) is 0.267. The molecule has 1 heterocycles. The number of ether oxygens (including phenoxy) is 1. The van der Waals surface area contributed by atoms with Gasteiger partial charge >= 0.3 is 0 Å². The number of methoxy groups -OCH3 is 1. The van der Waals surface area contributed by atoms with E-state index in [1.807, 2.05) is 25.1 Å². The summed E-state index contributed by atoms with van der Waals surface area (Å²) in [6.07, 6.45) is 0. The zero-order valence-corrected chi connectivity index (χ0v) is 14.0. The van der Waals surface area contributed by atoms with E-state index in [9.17, 15) is 4.79 Å². The molecule has 0 aliphatic carbocycles. The summed E-state index contributed by atoms with van der Waals surface area (Å²) in [5.74, 6) is -0.0579. The molecular weight excluding hydrogens is 358 g/mol. The second-order valence-corrected chi connectivity index (χ2v) is 5.95. The molecular formula is C15H15BrClNO3. The number of rotatable bonds is 5. The van der Waals surface area contributed by atoms with Gasteiger partial charge in [-0.05, 0) is 52.7 Å². The van der Waals surface area contributed by atoms with Crippen molar-refractivity contribution in [3.05, 3.63) is 57.4 Å². The van der Waals surface area contributed by atoms with Crippen LogP contribution in [0, 0.1) is 0 Å². The van der Waals surface area contributed by atoms with Gasteiger partial charge in [0.05, 0.1) is 6.54 Å². The van der Waals surface area contributed by atoms with Gasteiger partial charge in [-0.3, -0.25) is 4.79 Å². The maximum atomic E-state index is 12.0.